The monoisotopic (exact) mass is 403 g/mol. The van der Waals surface area contributed by atoms with Gasteiger partial charge in [0.2, 0.25) is 6.29 Å². The van der Waals surface area contributed by atoms with Crippen LogP contribution in [0.2, 0.25) is 0 Å². The lowest BCUT2D eigenvalue weighted by Gasteiger charge is -2.29. The highest BCUT2D eigenvalue weighted by atomic mass is 32.1. The summed E-state index contributed by atoms with van der Waals surface area (Å²) >= 11 is 1.62. The third-order valence-corrected chi connectivity index (χ3v) is 5.02. The van der Waals surface area contributed by atoms with E-state index >= 15 is 0 Å². The Hall–Kier alpha value is -2.19. The number of carbonyl (C=O) groups excluding carboxylic acids is 1. The van der Waals surface area contributed by atoms with E-state index in [1.165, 1.54) is 0 Å². The van der Waals surface area contributed by atoms with Gasteiger partial charge in [0.1, 0.15) is 0 Å². The first-order valence-corrected chi connectivity index (χ1v) is 10.2. The van der Waals surface area contributed by atoms with Crippen LogP contribution in [0, 0.1) is 0 Å². The molecule has 1 aromatic heterocycles. The van der Waals surface area contributed by atoms with E-state index in [0.717, 1.165) is 11.1 Å². The molecule has 2 atom stereocenters. The fraction of sp³-hybridized carbons (Fsp3) is 0.381. The van der Waals surface area contributed by atoms with Crippen molar-refractivity contribution < 1.29 is 24.1 Å². The zero-order valence-electron chi connectivity index (χ0n) is 15.6. The Morgan fingerprint density at radius 1 is 1.21 bits per heavy atom. The summed E-state index contributed by atoms with van der Waals surface area (Å²) < 4.78 is 16.8. The highest BCUT2D eigenvalue weighted by molar-refractivity contribution is 7.08. The van der Waals surface area contributed by atoms with Gasteiger partial charge >= 0.3 is 0 Å². The molecule has 0 unspecified atom stereocenters. The van der Waals surface area contributed by atoms with Gasteiger partial charge in [-0.1, -0.05) is 30.3 Å². The van der Waals surface area contributed by atoms with Crippen LogP contribution in [0.1, 0.15) is 23.5 Å². The summed E-state index contributed by atoms with van der Waals surface area (Å²) in [5, 5.41) is 15.7. The Morgan fingerprint density at radius 3 is 2.82 bits per heavy atom. The molecule has 2 heterocycles. The first-order chi connectivity index (χ1) is 13.8. The zero-order chi connectivity index (χ0) is 19.6. The Kier molecular flexibility index (Phi) is 8.05. The van der Waals surface area contributed by atoms with Crippen LogP contribution in [-0.2, 0) is 25.5 Å². The fourth-order valence-corrected chi connectivity index (χ4v) is 3.63. The number of ether oxygens (including phenoxy) is 3. The van der Waals surface area contributed by atoms with Gasteiger partial charge in [0.05, 0.1) is 26.4 Å². The molecule has 0 fully saturated rings. The van der Waals surface area contributed by atoms with Crippen molar-refractivity contribution in [2.75, 3.05) is 26.4 Å². The molecule has 3 rings (SSSR count). The molecule has 6 nitrogen and oxygen atoms in total. The van der Waals surface area contributed by atoms with Crippen LogP contribution in [0.4, 0.5) is 0 Å². The highest BCUT2D eigenvalue weighted by Gasteiger charge is 2.28. The summed E-state index contributed by atoms with van der Waals surface area (Å²) in [5.41, 5.74) is 2.17. The third-order valence-electron chi connectivity index (χ3n) is 4.32. The number of carbonyl (C=O) groups is 1. The number of rotatable bonds is 10. The molecule has 0 aliphatic carbocycles. The Labute approximate surface area is 168 Å². The quantitative estimate of drug-likeness (QED) is 0.597. The van der Waals surface area contributed by atoms with Gasteiger partial charge in [-0.25, -0.2) is 0 Å². The molecule has 0 bridgehead atoms. The minimum Gasteiger partial charge on any atom is -0.459 e. The summed E-state index contributed by atoms with van der Waals surface area (Å²) in [6.45, 7) is 1.39. The summed E-state index contributed by atoms with van der Waals surface area (Å²) in [6, 6.07) is 11.8. The number of hydrogen-bond donors (Lipinski definition) is 2. The van der Waals surface area contributed by atoms with E-state index in [-0.39, 0.29) is 30.8 Å². The summed E-state index contributed by atoms with van der Waals surface area (Å²) in [5.74, 6) is 0.0782. The van der Waals surface area contributed by atoms with Crippen LogP contribution in [-0.4, -0.2) is 43.7 Å². The minimum atomic E-state index is -0.523. The second-order valence-electron chi connectivity index (χ2n) is 6.35. The molecule has 0 radical (unpaired) electrons. The molecule has 0 saturated carbocycles. The maximum absolute atomic E-state index is 12.6. The fourth-order valence-electron chi connectivity index (χ4n) is 2.91. The van der Waals surface area contributed by atoms with Gasteiger partial charge < -0.3 is 24.6 Å². The second kappa shape index (κ2) is 11.0. The first-order valence-electron chi connectivity index (χ1n) is 9.29. The van der Waals surface area contributed by atoms with Crippen LogP contribution in [0.15, 0.2) is 59.0 Å². The number of aliphatic hydroxyl groups is 1. The van der Waals surface area contributed by atoms with E-state index in [1.54, 1.807) is 11.3 Å². The average Bonchev–Trinajstić information content (AvgIpc) is 3.27. The maximum Gasteiger partial charge on any atom is 0.286 e. The van der Waals surface area contributed by atoms with E-state index in [4.69, 9.17) is 19.3 Å². The molecule has 1 aliphatic rings. The van der Waals surface area contributed by atoms with Crippen molar-refractivity contribution >= 4 is 17.2 Å². The predicted octanol–water partition coefficient (Wildman–Crippen LogP) is 2.80. The maximum atomic E-state index is 12.6. The van der Waals surface area contributed by atoms with Crippen LogP contribution in [0.3, 0.4) is 0 Å². The van der Waals surface area contributed by atoms with Crippen LogP contribution in [0.25, 0.3) is 0 Å². The van der Waals surface area contributed by atoms with Crippen molar-refractivity contribution in [3.63, 3.8) is 0 Å². The summed E-state index contributed by atoms with van der Waals surface area (Å²) in [4.78, 5) is 12.6. The molecule has 1 aliphatic heterocycles. The number of hydrogen-bond acceptors (Lipinski definition) is 6. The van der Waals surface area contributed by atoms with Gasteiger partial charge in [-0.15, -0.1) is 0 Å². The largest absolute Gasteiger partial charge is 0.459 e. The molecule has 0 spiro atoms. The van der Waals surface area contributed by atoms with Crippen LogP contribution in [0.5, 0.6) is 0 Å². The summed E-state index contributed by atoms with van der Waals surface area (Å²) in [6.07, 6.45) is 1.97. The highest BCUT2D eigenvalue weighted by Crippen LogP contribution is 2.32. The van der Waals surface area contributed by atoms with Crippen LogP contribution < -0.4 is 5.32 Å². The van der Waals surface area contributed by atoms with Crippen molar-refractivity contribution in [2.24, 2.45) is 0 Å². The number of aliphatic hydroxyl groups excluding tert-OH is 1. The predicted molar refractivity (Wildman–Crippen MR) is 107 cm³/mol. The van der Waals surface area contributed by atoms with Gasteiger partial charge in [0.15, 0.2) is 5.76 Å². The Balaban J connectivity index is 1.60. The lowest BCUT2D eigenvalue weighted by atomic mass is 9.95. The molecule has 0 saturated heterocycles. The van der Waals surface area contributed by atoms with Gasteiger partial charge in [-0.2, -0.15) is 11.3 Å². The molecule has 2 aromatic rings. The van der Waals surface area contributed by atoms with Crippen LogP contribution >= 0.6 is 11.3 Å². The number of nitrogens with one attached hydrogen (secondary N) is 1. The lowest BCUT2D eigenvalue weighted by Crippen LogP contribution is -2.33. The van der Waals surface area contributed by atoms with Crippen molar-refractivity contribution in [1.82, 2.24) is 5.32 Å². The van der Waals surface area contributed by atoms with Gasteiger partial charge in [-0.05, 0) is 34.0 Å². The topological polar surface area (TPSA) is 77.0 Å². The molecule has 1 aromatic carbocycles. The number of thiophene rings is 1. The standard InChI is InChI=1S/C21H25NO5S/c23-7-8-25-9-10-26-20-13-18(17-6-11-28-15-17)12-19(27-20)21(24)22-14-16-4-2-1-3-5-16/h1-6,11-12,15,18,20,23H,7-10,13-14H2,(H,22,24)/t18-,20+/m1/s1. The number of amides is 1. The minimum absolute atomic E-state index is 0.0192. The zero-order valence-corrected chi connectivity index (χ0v) is 16.4. The second-order valence-corrected chi connectivity index (χ2v) is 7.13. The van der Waals surface area contributed by atoms with E-state index in [9.17, 15) is 4.79 Å². The Bertz CT molecular complexity index is 747. The van der Waals surface area contributed by atoms with Gasteiger partial charge in [0, 0.05) is 18.9 Å². The number of benzene rings is 1. The molecule has 1 amide bonds. The SMILES string of the molecule is O=C(NCc1ccccc1)C1=C[C@@H](c2ccsc2)C[C@@H](OCCOCCO)O1. The molecular weight excluding hydrogens is 378 g/mol. The molecule has 7 heteroatoms. The van der Waals surface area contributed by atoms with Crippen molar-refractivity contribution in [3.8, 4) is 0 Å². The molecule has 28 heavy (non-hydrogen) atoms. The first kappa shape index (κ1) is 20.5. The van der Waals surface area contributed by atoms with Gasteiger partial charge in [0.25, 0.3) is 5.91 Å². The van der Waals surface area contributed by atoms with Gasteiger partial charge in [-0.3, -0.25) is 4.79 Å². The van der Waals surface area contributed by atoms with Crippen molar-refractivity contribution in [2.45, 2.75) is 25.2 Å². The van der Waals surface area contributed by atoms with Crippen molar-refractivity contribution in [3.05, 3.63) is 70.1 Å². The number of allylic oxidation sites excluding steroid dienone is 1. The normalized spacial score (nSPS) is 19.0. The smallest absolute Gasteiger partial charge is 0.286 e. The average molecular weight is 404 g/mol. The lowest BCUT2D eigenvalue weighted by molar-refractivity contribution is -0.151. The third kappa shape index (κ3) is 6.17. The molecular formula is C21H25NO5S. The Morgan fingerprint density at radius 2 is 2.07 bits per heavy atom. The summed E-state index contributed by atoms with van der Waals surface area (Å²) in [7, 11) is 0. The van der Waals surface area contributed by atoms with E-state index < -0.39 is 6.29 Å². The molecule has 2 N–H and O–H groups in total. The van der Waals surface area contributed by atoms with E-state index in [1.807, 2.05) is 41.8 Å². The molecule has 150 valence electrons. The van der Waals surface area contributed by atoms with E-state index in [2.05, 4.69) is 16.8 Å². The van der Waals surface area contributed by atoms with Crippen molar-refractivity contribution in [1.29, 1.82) is 0 Å². The van der Waals surface area contributed by atoms with E-state index in [0.29, 0.717) is 26.2 Å².